The van der Waals surface area contributed by atoms with Gasteiger partial charge < -0.3 is 4.74 Å². The van der Waals surface area contributed by atoms with Crippen molar-refractivity contribution in [2.45, 2.75) is 30.3 Å². The minimum Gasteiger partial charge on any atom is -0.492 e. The van der Waals surface area contributed by atoms with E-state index in [1.165, 1.54) is 0 Å². The molecule has 0 amide bonds. The van der Waals surface area contributed by atoms with Crippen molar-refractivity contribution >= 4 is 10.0 Å². The van der Waals surface area contributed by atoms with Crippen LogP contribution in [0.5, 0.6) is 5.75 Å². The highest BCUT2D eigenvalue weighted by Crippen LogP contribution is 2.35. The molecule has 2 atom stereocenters. The topological polar surface area (TPSA) is 73.6 Å². The van der Waals surface area contributed by atoms with Gasteiger partial charge in [0.05, 0.1) is 16.5 Å². The third kappa shape index (κ3) is 4.45. The van der Waals surface area contributed by atoms with Crippen molar-refractivity contribution in [2.24, 2.45) is 0 Å². The van der Waals surface area contributed by atoms with E-state index in [1.807, 2.05) is 67.6 Å². The number of ether oxygens (including phenoxy) is 1. The lowest BCUT2D eigenvalue weighted by atomic mass is 10.0. The second kappa shape index (κ2) is 9.22. The van der Waals surface area contributed by atoms with E-state index in [0.29, 0.717) is 23.6 Å². The fraction of sp³-hybridized carbons (Fsp3) is 0.296. The first-order valence-corrected chi connectivity index (χ1v) is 12.9. The van der Waals surface area contributed by atoms with Crippen LogP contribution in [0.2, 0.25) is 0 Å². The van der Waals surface area contributed by atoms with E-state index in [0.717, 1.165) is 42.0 Å². The second-order valence-electron chi connectivity index (χ2n) is 8.99. The summed E-state index contributed by atoms with van der Waals surface area (Å²) in [5.41, 5.74) is 3.83. The number of aryl methyl sites for hydroxylation is 1. The molecule has 0 N–H and O–H groups in total. The minimum atomic E-state index is -3.44. The third-order valence-corrected chi connectivity index (χ3v) is 8.71. The zero-order chi connectivity index (χ0) is 23.7. The van der Waals surface area contributed by atoms with E-state index in [2.05, 4.69) is 11.0 Å². The largest absolute Gasteiger partial charge is 0.492 e. The molecule has 2 bridgehead atoms. The molecule has 3 aromatic rings. The van der Waals surface area contributed by atoms with Gasteiger partial charge in [-0.05, 0) is 60.9 Å². The fourth-order valence-corrected chi connectivity index (χ4v) is 6.55. The standard InChI is InChI=1S/C27H27N3O3S/c1-20-2-12-27(13-3-20)34(31,32)30-19-24-16-25(30)18-29(24)14-15-33-26-10-8-23(9-11-26)22-6-4-21(17-28)5-7-22/h2-13,24-25H,14-16,18-19H2,1H3/t24-,25-/m1/s1. The predicted molar refractivity (Wildman–Crippen MR) is 131 cm³/mol. The maximum absolute atomic E-state index is 13.1. The van der Waals surface area contributed by atoms with E-state index in [1.54, 1.807) is 16.4 Å². The third-order valence-electron chi connectivity index (χ3n) is 6.78. The van der Waals surface area contributed by atoms with E-state index in [9.17, 15) is 8.42 Å². The van der Waals surface area contributed by atoms with Gasteiger partial charge in [0.1, 0.15) is 12.4 Å². The molecular weight excluding hydrogens is 446 g/mol. The van der Waals surface area contributed by atoms with Crippen molar-refractivity contribution in [3.8, 4) is 22.9 Å². The zero-order valence-electron chi connectivity index (χ0n) is 19.1. The molecular formula is C27H27N3O3S. The van der Waals surface area contributed by atoms with Gasteiger partial charge in [0.25, 0.3) is 0 Å². The first-order chi connectivity index (χ1) is 16.4. The van der Waals surface area contributed by atoms with Crippen LogP contribution in [0.3, 0.4) is 0 Å². The molecule has 3 aromatic carbocycles. The Morgan fingerprint density at radius 2 is 1.56 bits per heavy atom. The average Bonchev–Trinajstić information content (AvgIpc) is 3.46. The number of fused-ring (bicyclic) bond motifs is 2. The monoisotopic (exact) mass is 473 g/mol. The summed E-state index contributed by atoms with van der Waals surface area (Å²) >= 11 is 0. The van der Waals surface area contributed by atoms with Gasteiger partial charge in [-0.2, -0.15) is 9.57 Å². The summed E-state index contributed by atoms with van der Waals surface area (Å²) in [5.74, 6) is 0.810. The van der Waals surface area contributed by atoms with Gasteiger partial charge in [-0.25, -0.2) is 8.42 Å². The van der Waals surface area contributed by atoms with Crippen LogP contribution >= 0.6 is 0 Å². The van der Waals surface area contributed by atoms with Crippen molar-refractivity contribution < 1.29 is 13.2 Å². The molecule has 0 aliphatic carbocycles. The molecule has 2 aliphatic heterocycles. The van der Waals surface area contributed by atoms with Crippen molar-refractivity contribution in [1.29, 1.82) is 5.26 Å². The van der Waals surface area contributed by atoms with Crippen molar-refractivity contribution in [1.82, 2.24) is 9.21 Å². The number of nitriles is 1. The number of sulfonamides is 1. The number of nitrogens with zero attached hydrogens (tertiary/aromatic N) is 3. The van der Waals surface area contributed by atoms with Gasteiger partial charge in [0.2, 0.25) is 10.0 Å². The molecule has 7 heteroatoms. The first kappa shape index (κ1) is 22.6. The van der Waals surface area contributed by atoms with Crippen molar-refractivity contribution in [3.63, 3.8) is 0 Å². The lowest BCUT2D eigenvalue weighted by Gasteiger charge is -2.33. The number of hydrogen-bond donors (Lipinski definition) is 0. The molecule has 0 spiro atoms. The molecule has 6 nitrogen and oxygen atoms in total. The Morgan fingerprint density at radius 3 is 2.15 bits per heavy atom. The Balaban J connectivity index is 1.13. The lowest BCUT2D eigenvalue weighted by molar-refractivity contribution is 0.152. The van der Waals surface area contributed by atoms with Gasteiger partial charge in [0, 0.05) is 31.7 Å². The Morgan fingerprint density at radius 1 is 0.912 bits per heavy atom. The Labute approximate surface area is 201 Å². The van der Waals surface area contributed by atoms with E-state index < -0.39 is 10.0 Å². The summed E-state index contributed by atoms with van der Waals surface area (Å²) in [7, 11) is -3.44. The van der Waals surface area contributed by atoms with Crippen LogP contribution in [0.15, 0.2) is 77.7 Å². The van der Waals surface area contributed by atoms with Crippen LogP contribution in [0, 0.1) is 18.3 Å². The fourth-order valence-electron chi connectivity index (χ4n) is 4.89. The molecule has 2 heterocycles. The zero-order valence-corrected chi connectivity index (χ0v) is 19.9. The minimum absolute atomic E-state index is 0.0306. The number of benzene rings is 3. The van der Waals surface area contributed by atoms with Gasteiger partial charge >= 0.3 is 0 Å². The van der Waals surface area contributed by atoms with Crippen molar-refractivity contribution in [2.75, 3.05) is 26.2 Å². The molecule has 2 aliphatic rings. The molecule has 0 radical (unpaired) electrons. The summed E-state index contributed by atoms with van der Waals surface area (Å²) < 4.78 is 33.8. The lowest BCUT2D eigenvalue weighted by Crippen LogP contribution is -2.49. The molecule has 0 unspecified atom stereocenters. The molecule has 0 saturated carbocycles. The van der Waals surface area contributed by atoms with Gasteiger partial charge in [-0.3, -0.25) is 4.90 Å². The Bertz CT molecular complexity index is 1300. The summed E-state index contributed by atoms with van der Waals surface area (Å²) in [6.45, 7) is 4.58. The average molecular weight is 474 g/mol. The Kier molecular flexibility index (Phi) is 6.13. The molecule has 34 heavy (non-hydrogen) atoms. The molecule has 0 aromatic heterocycles. The van der Waals surface area contributed by atoms with Gasteiger partial charge in [-0.15, -0.1) is 0 Å². The van der Waals surface area contributed by atoms with Crippen LogP contribution in [0.1, 0.15) is 17.5 Å². The molecule has 174 valence electrons. The van der Waals surface area contributed by atoms with E-state index in [4.69, 9.17) is 10.00 Å². The maximum Gasteiger partial charge on any atom is 0.243 e. The normalized spacial score (nSPS) is 20.4. The summed E-state index contributed by atoms with van der Waals surface area (Å²) in [5, 5.41) is 8.94. The Hall–Kier alpha value is -3.18. The van der Waals surface area contributed by atoms with Gasteiger partial charge in [-0.1, -0.05) is 42.0 Å². The maximum atomic E-state index is 13.1. The second-order valence-corrected chi connectivity index (χ2v) is 10.9. The van der Waals surface area contributed by atoms with Crippen molar-refractivity contribution in [3.05, 3.63) is 83.9 Å². The van der Waals surface area contributed by atoms with E-state index in [-0.39, 0.29) is 12.1 Å². The summed E-state index contributed by atoms with van der Waals surface area (Å²) in [4.78, 5) is 2.72. The van der Waals surface area contributed by atoms with Crippen LogP contribution in [0.25, 0.3) is 11.1 Å². The SMILES string of the molecule is Cc1ccc(S(=O)(=O)N2C[C@H]3C[C@@H]2CN3CCOc2ccc(-c3ccc(C#N)cc3)cc2)cc1. The number of rotatable bonds is 7. The van der Waals surface area contributed by atoms with Crippen LogP contribution in [0.4, 0.5) is 0 Å². The molecule has 2 saturated heterocycles. The highest BCUT2D eigenvalue weighted by Gasteiger charge is 2.48. The summed E-state index contributed by atoms with van der Waals surface area (Å²) in [6, 6.07) is 25.0. The first-order valence-electron chi connectivity index (χ1n) is 11.5. The van der Waals surface area contributed by atoms with E-state index >= 15 is 0 Å². The van der Waals surface area contributed by atoms with Crippen LogP contribution in [-0.2, 0) is 10.0 Å². The number of piperazine rings is 1. The number of hydrogen-bond acceptors (Lipinski definition) is 5. The number of likely N-dealkylation sites (tertiary alicyclic amines) is 1. The predicted octanol–water partition coefficient (Wildman–Crippen LogP) is 4.06. The molecule has 2 fully saturated rings. The smallest absolute Gasteiger partial charge is 0.243 e. The quantitative estimate of drug-likeness (QED) is 0.517. The van der Waals surface area contributed by atoms with Crippen LogP contribution in [-0.4, -0.2) is 55.9 Å². The van der Waals surface area contributed by atoms with Gasteiger partial charge in [0.15, 0.2) is 0 Å². The summed E-state index contributed by atoms with van der Waals surface area (Å²) in [6.07, 6.45) is 0.879. The highest BCUT2D eigenvalue weighted by molar-refractivity contribution is 7.89. The molecule has 5 rings (SSSR count). The van der Waals surface area contributed by atoms with Crippen LogP contribution < -0.4 is 4.74 Å². The highest BCUT2D eigenvalue weighted by atomic mass is 32.2.